The van der Waals surface area contributed by atoms with Crippen LogP contribution in [0.15, 0.2) is 6.07 Å². The molecular formula is C11H19ClN4O. The first-order chi connectivity index (χ1) is 7.59. The zero-order valence-electron chi connectivity index (χ0n) is 10.4. The number of nitrogens with zero attached hydrogens (tertiary/aromatic N) is 3. The number of aromatic nitrogens is 2. The lowest BCUT2D eigenvalue weighted by Gasteiger charge is -2.23. The molecule has 0 bridgehead atoms. The summed E-state index contributed by atoms with van der Waals surface area (Å²) in [6, 6.07) is 2.14. The second-order valence-electron chi connectivity index (χ2n) is 4.36. The fourth-order valence-corrected chi connectivity index (χ4v) is 2.13. The van der Waals surface area contributed by atoms with Crippen molar-refractivity contribution in [3.63, 3.8) is 0 Å². The van der Waals surface area contributed by atoms with Crippen LogP contribution in [-0.4, -0.2) is 46.8 Å². The van der Waals surface area contributed by atoms with Gasteiger partial charge < -0.3 is 10.2 Å². The molecule has 0 spiro atoms. The predicted octanol–water partition coefficient (Wildman–Crippen LogP) is 0.584. The molecule has 1 aromatic heterocycles. The van der Waals surface area contributed by atoms with E-state index in [0.717, 1.165) is 25.2 Å². The molecule has 6 heteroatoms. The Labute approximate surface area is 108 Å². The van der Waals surface area contributed by atoms with Gasteiger partial charge in [-0.15, -0.1) is 12.4 Å². The van der Waals surface area contributed by atoms with Crippen molar-refractivity contribution in [3.8, 4) is 0 Å². The van der Waals surface area contributed by atoms with E-state index in [2.05, 4.69) is 10.4 Å². The highest BCUT2D eigenvalue weighted by Gasteiger charge is 2.25. The molecule has 1 aliphatic heterocycles. The van der Waals surface area contributed by atoms with E-state index in [1.54, 1.807) is 11.7 Å². The molecule has 0 aromatic carbocycles. The minimum atomic E-state index is 0. The van der Waals surface area contributed by atoms with Crippen LogP contribution in [-0.2, 0) is 7.05 Å². The van der Waals surface area contributed by atoms with Crippen LogP contribution in [0.3, 0.4) is 0 Å². The van der Waals surface area contributed by atoms with Crippen LogP contribution in [0.25, 0.3) is 0 Å². The van der Waals surface area contributed by atoms with Gasteiger partial charge in [0.1, 0.15) is 5.69 Å². The molecule has 1 saturated heterocycles. The second kappa shape index (κ2) is 5.51. The van der Waals surface area contributed by atoms with Crippen LogP contribution < -0.4 is 5.32 Å². The van der Waals surface area contributed by atoms with E-state index in [-0.39, 0.29) is 18.3 Å². The lowest BCUT2D eigenvalue weighted by atomic mass is 10.2. The van der Waals surface area contributed by atoms with Gasteiger partial charge in [0.25, 0.3) is 5.91 Å². The maximum Gasteiger partial charge on any atom is 0.272 e. The Morgan fingerprint density at radius 3 is 2.82 bits per heavy atom. The highest BCUT2D eigenvalue weighted by atomic mass is 35.5. The predicted molar refractivity (Wildman–Crippen MR) is 68.6 cm³/mol. The third-order valence-electron chi connectivity index (χ3n) is 3.12. The van der Waals surface area contributed by atoms with Crippen molar-refractivity contribution in [2.45, 2.75) is 19.4 Å². The summed E-state index contributed by atoms with van der Waals surface area (Å²) in [4.78, 5) is 14.0. The van der Waals surface area contributed by atoms with Crippen LogP contribution in [0.5, 0.6) is 0 Å². The summed E-state index contributed by atoms with van der Waals surface area (Å²) in [5, 5.41) is 7.46. The van der Waals surface area contributed by atoms with E-state index in [9.17, 15) is 4.79 Å². The Kier molecular flexibility index (Phi) is 4.54. The highest BCUT2D eigenvalue weighted by Crippen LogP contribution is 2.11. The number of rotatable bonds is 2. The van der Waals surface area contributed by atoms with Crippen molar-refractivity contribution in [1.82, 2.24) is 20.0 Å². The second-order valence-corrected chi connectivity index (χ2v) is 4.36. The van der Waals surface area contributed by atoms with E-state index < -0.39 is 0 Å². The monoisotopic (exact) mass is 258 g/mol. The molecule has 1 fully saturated rings. The van der Waals surface area contributed by atoms with Gasteiger partial charge in [0.15, 0.2) is 0 Å². The number of halogens is 1. The minimum Gasteiger partial charge on any atom is -0.336 e. The zero-order valence-corrected chi connectivity index (χ0v) is 11.3. The molecule has 1 atom stereocenters. The third kappa shape index (κ3) is 2.79. The maximum atomic E-state index is 12.2. The Morgan fingerprint density at radius 2 is 2.35 bits per heavy atom. The summed E-state index contributed by atoms with van der Waals surface area (Å²) in [5.41, 5.74) is 1.54. The number of hydrogen-bond donors (Lipinski definition) is 1. The average molecular weight is 259 g/mol. The Balaban J connectivity index is 0.00000144. The van der Waals surface area contributed by atoms with E-state index in [1.165, 1.54) is 0 Å². The van der Waals surface area contributed by atoms with Crippen molar-refractivity contribution in [3.05, 3.63) is 17.5 Å². The number of hydrogen-bond acceptors (Lipinski definition) is 3. The van der Waals surface area contributed by atoms with Crippen molar-refractivity contribution >= 4 is 18.3 Å². The molecule has 0 saturated carbocycles. The number of nitrogens with one attached hydrogen (secondary N) is 1. The molecule has 2 heterocycles. The molecule has 0 radical (unpaired) electrons. The Hall–Kier alpha value is -1.07. The lowest BCUT2D eigenvalue weighted by Crippen LogP contribution is -2.39. The number of carbonyl (C=O) groups is 1. The van der Waals surface area contributed by atoms with Crippen LogP contribution >= 0.6 is 12.4 Å². The largest absolute Gasteiger partial charge is 0.336 e. The number of carbonyl (C=O) groups excluding carboxylic acids is 1. The lowest BCUT2D eigenvalue weighted by molar-refractivity contribution is 0.0732. The average Bonchev–Trinajstić information content (AvgIpc) is 2.85. The van der Waals surface area contributed by atoms with Crippen LogP contribution in [0.4, 0.5) is 0 Å². The summed E-state index contributed by atoms with van der Waals surface area (Å²) in [6.45, 7) is 3.78. The Morgan fingerprint density at radius 1 is 1.65 bits per heavy atom. The molecule has 96 valence electrons. The van der Waals surface area contributed by atoms with E-state index in [4.69, 9.17) is 0 Å². The van der Waals surface area contributed by atoms with Gasteiger partial charge in [-0.2, -0.15) is 5.10 Å². The molecule has 1 N–H and O–H groups in total. The summed E-state index contributed by atoms with van der Waals surface area (Å²) >= 11 is 0. The van der Waals surface area contributed by atoms with Gasteiger partial charge in [-0.25, -0.2) is 0 Å². The minimum absolute atomic E-state index is 0. The Bertz CT molecular complexity index is 398. The van der Waals surface area contributed by atoms with Gasteiger partial charge in [-0.05, 0) is 26.0 Å². The van der Waals surface area contributed by atoms with Gasteiger partial charge in [0.05, 0.1) is 5.69 Å². The smallest absolute Gasteiger partial charge is 0.272 e. The van der Waals surface area contributed by atoms with E-state index in [0.29, 0.717) is 11.7 Å². The molecule has 17 heavy (non-hydrogen) atoms. The van der Waals surface area contributed by atoms with Crippen LogP contribution in [0, 0.1) is 6.92 Å². The number of aryl methyl sites for hydroxylation is 2. The topological polar surface area (TPSA) is 50.2 Å². The maximum absolute atomic E-state index is 12.2. The van der Waals surface area contributed by atoms with Crippen LogP contribution in [0.2, 0.25) is 0 Å². The van der Waals surface area contributed by atoms with E-state index >= 15 is 0 Å². The van der Waals surface area contributed by atoms with Crippen molar-refractivity contribution in [2.75, 3.05) is 20.1 Å². The number of amides is 1. The highest BCUT2D eigenvalue weighted by molar-refractivity contribution is 5.92. The molecule has 1 amide bonds. The van der Waals surface area contributed by atoms with Gasteiger partial charge >= 0.3 is 0 Å². The molecule has 1 unspecified atom stereocenters. The van der Waals surface area contributed by atoms with E-state index in [1.807, 2.05) is 24.9 Å². The van der Waals surface area contributed by atoms with Gasteiger partial charge in [0.2, 0.25) is 0 Å². The molecule has 5 nitrogen and oxygen atoms in total. The fourth-order valence-electron chi connectivity index (χ4n) is 2.13. The normalized spacial score (nSPS) is 18.9. The molecular weight excluding hydrogens is 240 g/mol. The van der Waals surface area contributed by atoms with Crippen LogP contribution in [0.1, 0.15) is 22.6 Å². The first kappa shape index (κ1) is 14.0. The van der Waals surface area contributed by atoms with Crippen molar-refractivity contribution in [2.24, 2.45) is 7.05 Å². The first-order valence-corrected chi connectivity index (χ1v) is 5.58. The summed E-state index contributed by atoms with van der Waals surface area (Å²) < 4.78 is 1.65. The van der Waals surface area contributed by atoms with Gasteiger partial charge in [-0.1, -0.05) is 0 Å². The fraction of sp³-hybridized carbons (Fsp3) is 0.636. The van der Waals surface area contributed by atoms with Crippen molar-refractivity contribution < 1.29 is 4.79 Å². The summed E-state index contributed by atoms with van der Waals surface area (Å²) in [5.74, 6) is 0.0526. The quantitative estimate of drug-likeness (QED) is 0.845. The standard InChI is InChI=1S/C11H18N4O.ClH/c1-8-6-10(15(3)13-8)11(16)14(2)9-4-5-12-7-9;/h6,9,12H,4-5,7H2,1-3H3;1H. The molecule has 1 aromatic rings. The number of likely N-dealkylation sites (N-methyl/N-ethyl adjacent to an activating group) is 1. The molecule has 2 rings (SSSR count). The van der Waals surface area contributed by atoms with Crippen molar-refractivity contribution in [1.29, 1.82) is 0 Å². The third-order valence-corrected chi connectivity index (χ3v) is 3.12. The zero-order chi connectivity index (χ0) is 11.7. The summed E-state index contributed by atoms with van der Waals surface area (Å²) in [6.07, 6.45) is 1.03. The summed E-state index contributed by atoms with van der Waals surface area (Å²) in [7, 11) is 3.67. The van der Waals surface area contributed by atoms with Gasteiger partial charge in [-0.3, -0.25) is 9.48 Å². The first-order valence-electron chi connectivity index (χ1n) is 5.58. The van der Waals surface area contributed by atoms with Gasteiger partial charge in [0, 0.05) is 26.7 Å². The molecule has 1 aliphatic rings. The molecule has 0 aliphatic carbocycles. The SMILES string of the molecule is Cc1cc(C(=O)N(C)C2CCNC2)n(C)n1.Cl.